The van der Waals surface area contributed by atoms with Gasteiger partial charge in [-0.15, -0.1) is 5.10 Å². The van der Waals surface area contributed by atoms with E-state index in [0.717, 1.165) is 0 Å². The maximum atomic E-state index is 5.02. The summed E-state index contributed by atoms with van der Waals surface area (Å²) in [5.74, 6) is 0.287. The molecule has 40 valence electrons. The molecule has 0 aliphatic rings. The van der Waals surface area contributed by atoms with E-state index in [9.17, 15) is 0 Å². The molecular formula is C2H4ArN4. The Labute approximate surface area is 70.5 Å². The molecule has 0 saturated heterocycles. The van der Waals surface area contributed by atoms with Gasteiger partial charge in [-0.2, -0.15) is 0 Å². The molecule has 1 aromatic heterocycles. The van der Waals surface area contributed by atoms with E-state index in [-0.39, 0.29) is 43.7 Å². The first-order chi connectivity index (χ1) is 2.89. The van der Waals surface area contributed by atoms with Crippen molar-refractivity contribution in [2.24, 2.45) is 0 Å². The minimum atomic E-state index is 0. The molecule has 0 aliphatic heterocycles. The standard InChI is InChI=1S/C2H4N4.Ar/c3-2-4-1-5-6-2;/h1H,(H3,3,4,5,6);. The summed E-state index contributed by atoms with van der Waals surface area (Å²) in [4.78, 5) is 3.53. The Morgan fingerprint density at radius 3 is 2.57 bits per heavy atom. The molecule has 0 amide bonds. The van der Waals surface area contributed by atoms with E-state index in [1.54, 1.807) is 0 Å². The van der Waals surface area contributed by atoms with Crippen molar-refractivity contribution < 1.29 is 37.7 Å². The van der Waals surface area contributed by atoms with Crippen LogP contribution in [-0.4, -0.2) is 15.2 Å². The maximum absolute atomic E-state index is 5.02. The monoisotopic (exact) mass is 124 g/mol. The predicted molar refractivity (Wildman–Crippen MR) is 20.8 cm³/mol. The molecule has 3 N–H and O–H groups in total. The SMILES string of the molecule is Nc1nc[nH]n1.[Ar]. The van der Waals surface area contributed by atoms with Crippen LogP contribution in [0.3, 0.4) is 0 Å². The number of nitrogens with one attached hydrogen (secondary N) is 1. The summed E-state index contributed by atoms with van der Waals surface area (Å²) in [5.41, 5.74) is 5.02. The van der Waals surface area contributed by atoms with Crippen molar-refractivity contribution in [1.82, 2.24) is 15.2 Å². The number of aromatic nitrogens is 3. The fourth-order valence-electron chi connectivity index (χ4n) is 0.219. The number of hydrogen-bond donors (Lipinski definition) is 2. The Morgan fingerprint density at radius 1 is 1.71 bits per heavy atom. The van der Waals surface area contributed by atoms with Crippen LogP contribution in [0.2, 0.25) is 0 Å². The first-order valence-corrected chi connectivity index (χ1v) is 1.51. The topological polar surface area (TPSA) is 67.6 Å². The summed E-state index contributed by atoms with van der Waals surface area (Å²) in [6.45, 7) is 0. The second kappa shape index (κ2) is 3.23. The number of nitrogens with two attached hydrogens (primary N) is 1. The average Bonchev–Trinajstić information content (AvgIpc) is 1.86. The number of rotatable bonds is 0. The molecule has 0 saturated carbocycles. The van der Waals surface area contributed by atoms with Gasteiger partial charge in [0.25, 0.3) is 0 Å². The van der Waals surface area contributed by atoms with Crippen LogP contribution < -0.4 is 5.73 Å². The summed E-state index contributed by atoms with van der Waals surface area (Å²) in [5, 5.41) is 5.90. The molecule has 1 heterocycles. The van der Waals surface area contributed by atoms with Crippen molar-refractivity contribution in [2.75, 3.05) is 5.73 Å². The Balaban J connectivity index is 0.000000360. The molecule has 4 nitrogen and oxygen atoms in total. The van der Waals surface area contributed by atoms with Gasteiger partial charge in [0, 0.05) is 37.7 Å². The zero-order valence-electron chi connectivity index (χ0n) is 3.40. The van der Waals surface area contributed by atoms with Crippen molar-refractivity contribution in [3.8, 4) is 0 Å². The fraction of sp³-hybridized carbons (Fsp3) is 0. The Hall–Kier alpha value is 0.200. The molecule has 0 radical (unpaired) electrons. The minimum Gasteiger partial charge on any atom is -0.367 e. The van der Waals surface area contributed by atoms with Crippen LogP contribution in [0.1, 0.15) is 0 Å². The van der Waals surface area contributed by atoms with Gasteiger partial charge in [-0.3, -0.25) is 5.10 Å². The predicted octanol–water partition coefficient (Wildman–Crippen LogP) is -0.613. The number of H-pyrrole nitrogens is 1. The molecular weight excluding hydrogens is 120 g/mol. The van der Waals surface area contributed by atoms with Gasteiger partial charge in [0.05, 0.1) is 0 Å². The third-order valence-electron chi connectivity index (χ3n) is 0.434. The molecule has 0 unspecified atom stereocenters. The van der Waals surface area contributed by atoms with Crippen LogP contribution in [0.15, 0.2) is 6.33 Å². The summed E-state index contributed by atoms with van der Waals surface area (Å²) < 4.78 is 0. The molecule has 0 bridgehead atoms. The Morgan fingerprint density at radius 2 is 2.43 bits per heavy atom. The van der Waals surface area contributed by atoms with E-state index in [4.69, 9.17) is 5.73 Å². The van der Waals surface area contributed by atoms with Crippen molar-refractivity contribution in [3.63, 3.8) is 0 Å². The fourth-order valence-corrected chi connectivity index (χ4v) is 0.219. The van der Waals surface area contributed by atoms with Gasteiger partial charge < -0.3 is 5.73 Å². The van der Waals surface area contributed by atoms with Crippen molar-refractivity contribution in [2.45, 2.75) is 0 Å². The van der Waals surface area contributed by atoms with Gasteiger partial charge in [-0.1, -0.05) is 0 Å². The molecule has 7 heavy (non-hydrogen) atoms. The van der Waals surface area contributed by atoms with Crippen LogP contribution in [0.5, 0.6) is 0 Å². The summed E-state index contributed by atoms with van der Waals surface area (Å²) in [7, 11) is 0. The Bertz CT molecular complexity index is 113. The number of aromatic amines is 1. The molecule has 5 heteroatoms. The number of nitrogens with zero attached hydrogens (tertiary/aromatic N) is 2. The molecule has 0 fully saturated rings. The molecule has 1 aromatic rings. The molecule has 0 aliphatic carbocycles. The normalized spacial score (nSPS) is 7.43. The van der Waals surface area contributed by atoms with Crippen molar-refractivity contribution in [3.05, 3.63) is 6.33 Å². The largest absolute Gasteiger partial charge is 0.367 e. The average molecular weight is 124 g/mol. The molecule has 1 rings (SSSR count). The summed E-state index contributed by atoms with van der Waals surface area (Å²) in [6, 6.07) is 0. The first-order valence-electron chi connectivity index (χ1n) is 1.51. The Kier molecular flexibility index (Phi) is 3.33. The third kappa shape index (κ3) is 2.11. The number of nitrogen functional groups attached to an aromatic ring is 1. The van der Waals surface area contributed by atoms with E-state index >= 15 is 0 Å². The summed E-state index contributed by atoms with van der Waals surface area (Å²) >= 11 is 0. The van der Waals surface area contributed by atoms with Crippen LogP contribution in [-0.2, 0) is 0 Å². The van der Waals surface area contributed by atoms with E-state index in [2.05, 4.69) is 15.2 Å². The molecule has 0 atom stereocenters. The van der Waals surface area contributed by atoms with E-state index in [1.807, 2.05) is 0 Å². The first kappa shape index (κ1) is 7.20. The number of hydrogen-bond acceptors (Lipinski definition) is 3. The van der Waals surface area contributed by atoms with Crippen LogP contribution in [0.4, 0.5) is 5.95 Å². The van der Waals surface area contributed by atoms with Crippen LogP contribution in [0.25, 0.3) is 0 Å². The van der Waals surface area contributed by atoms with Crippen molar-refractivity contribution in [1.29, 1.82) is 0 Å². The van der Waals surface area contributed by atoms with E-state index < -0.39 is 0 Å². The van der Waals surface area contributed by atoms with E-state index in [0.29, 0.717) is 0 Å². The zero-order chi connectivity index (χ0) is 4.41. The van der Waals surface area contributed by atoms with Gasteiger partial charge >= 0.3 is 0 Å². The molecule has 0 spiro atoms. The van der Waals surface area contributed by atoms with Crippen LogP contribution >= 0.6 is 0 Å². The minimum absolute atomic E-state index is 0. The second-order valence-electron chi connectivity index (χ2n) is 0.857. The van der Waals surface area contributed by atoms with Gasteiger partial charge in [-0.25, -0.2) is 4.98 Å². The van der Waals surface area contributed by atoms with Crippen LogP contribution in [0, 0.1) is 37.7 Å². The third-order valence-corrected chi connectivity index (χ3v) is 0.434. The van der Waals surface area contributed by atoms with Gasteiger partial charge in [0.1, 0.15) is 6.33 Å². The van der Waals surface area contributed by atoms with E-state index in [1.165, 1.54) is 6.33 Å². The zero-order valence-corrected chi connectivity index (χ0v) is 4.11. The van der Waals surface area contributed by atoms with Crippen molar-refractivity contribution >= 4 is 5.95 Å². The van der Waals surface area contributed by atoms with Gasteiger partial charge in [-0.05, 0) is 0 Å². The maximum Gasteiger partial charge on any atom is 0.239 e. The van der Waals surface area contributed by atoms with Gasteiger partial charge in [0.15, 0.2) is 0 Å². The number of anilines is 1. The molecule has 0 aromatic carbocycles. The van der Waals surface area contributed by atoms with Gasteiger partial charge in [0.2, 0.25) is 5.95 Å². The second-order valence-corrected chi connectivity index (χ2v) is 0.857. The quantitative estimate of drug-likeness (QED) is 0.484. The summed E-state index contributed by atoms with van der Waals surface area (Å²) in [6.07, 6.45) is 1.43. The smallest absolute Gasteiger partial charge is 0.239 e.